The molecule has 30 heavy (non-hydrogen) atoms. The molecule has 1 N–H and O–H groups in total. The van der Waals surface area contributed by atoms with E-state index < -0.39 is 23.9 Å². The summed E-state index contributed by atoms with van der Waals surface area (Å²) < 4.78 is 30.0. The lowest BCUT2D eigenvalue weighted by atomic mass is 9.94. The number of fused-ring (bicyclic) bond motifs is 1. The number of ether oxygens (including phenoxy) is 3. The first-order valence-electron chi connectivity index (χ1n) is 9.52. The molecule has 2 aliphatic rings. The minimum absolute atomic E-state index is 0.105. The molecule has 0 unspecified atom stereocenters. The molecule has 2 aliphatic heterocycles. The molecule has 2 aromatic rings. The first kappa shape index (κ1) is 19.8. The molecule has 0 bridgehead atoms. The highest BCUT2D eigenvalue weighted by Crippen LogP contribution is 2.39. The van der Waals surface area contributed by atoms with Crippen LogP contribution in [-0.2, 0) is 9.53 Å². The molecule has 2 heterocycles. The van der Waals surface area contributed by atoms with Crippen molar-refractivity contribution in [2.24, 2.45) is 0 Å². The van der Waals surface area contributed by atoms with Crippen molar-refractivity contribution in [2.75, 3.05) is 11.7 Å². The molecule has 0 aromatic heterocycles. The van der Waals surface area contributed by atoms with Crippen LogP contribution in [0.1, 0.15) is 32.4 Å². The number of rotatable bonds is 4. The van der Waals surface area contributed by atoms with Crippen LogP contribution in [0.2, 0.25) is 0 Å². The highest BCUT2D eigenvalue weighted by Gasteiger charge is 2.38. The summed E-state index contributed by atoms with van der Waals surface area (Å²) in [4.78, 5) is 27.4. The molecule has 2 amide bonds. The molecule has 2 aromatic carbocycles. The summed E-state index contributed by atoms with van der Waals surface area (Å²) in [5.74, 6) is 0.0400. The number of benzene rings is 2. The van der Waals surface area contributed by atoms with Gasteiger partial charge in [-0.1, -0.05) is 12.1 Å². The van der Waals surface area contributed by atoms with Gasteiger partial charge < -0.3 is 19.5 Å². The third kappa shape index (κ3) is 3.56. The average Bonchev–Trinajstić information content (AvgIpc) is 3.14. The minimum atomic E-state index is -0.843. The van der Waals surface area contributed by atoms with Crippen LogP contribution in [-0.4, -0.2) is 24.9 Å². The number of carbonyl (C=O) groups excluding carboxylic acids is 2. The number of amides is 2. The summed E-state index contributed by atoms with van der Waals surface area (Å²) in [6.45, 7) is 5.24. The Bertz CT molecular complexity index is 1050. The maximum atomic E-state index is 13.8. The lowest BCUT2D eigenvalue weighted by Gasteiger charge is -2.35. The van der Waals surface area contributed by atoms with Gasteiger partial charge >= 0.3 is 12.0 Å². The number of hydrogen-bond donors (Lipinski definition) is 1. The fourth-order valence-electron chi connectivity index (χ4n) is 3.56. The zero-order valence-electron chi connectivity index (χ0n) is 16.8. The average molecular weight is 412 g/mol. The monoisotopic (exact) mass is 412 g/mol. The van der Waals surface area contributed by atoms with Gasteiger partial charge in [0.1, 0.15) is 5.82 Å². The Hall–Kier alpha value is -3.55. The van der Waals surface area contributed by atoms with Gasteiger partial charge in [-0.2, -0.15) is 0 Å². The highest BCUT2D eigenvalue weighted by atomic mass is 19.1. The van der Waals surface area contributed by atoms with Crippen molar-refractivity contribution >= 4 is 17.7 Å². The van der Waals surface area contributed by atoms with Gasteiger partial charge in [0.25, 0.3) is 0 Å². The molecule has 7 nitrogen and oxygen atoms in total. The first-order chi connectivity index (χ1) is 14.3. The largest absolute Gasteiger partial charge is 0.459 e. The summed E-state index contributed by atoms with van der Waals surface area (Å²) >= 11 is 0. The molecular formula is C22H21FN2O5. The number of esters is 1. The normalized spacial score (nSPS) is 18.0. The lowest BCUT2D eigenvalue weighted by Crippen LogP contribution is -2.48. The van der Waals surface area contributed by atoms with Crippen molar-refractivity contribution in [1.82, 2.24) is 5.32 Å². The zero-order chi connectivity index (χ0) is 21.4. The van der Waals surface area contributed by atoms with Crippen molar-refractivity contribution in [3.63, 3.8) is 0 Å². The van der Waals surface area contributed by atoms with Crippen LogP contribution in [0.5, 0.6) is 11.5 Å². The van der Waals surface area contributed by atoms with Gasteiger partial charge in [-0.15, -0.1) is 0 Å². The maximum Gasteiger partial charge on any atom is 0.338 e. The third-order valence-corrected chi connectivity index (χ3v) is 4.84. The second-order valence-corrected chi connectivity index (χ2v) is 7.26. The van der Waals surface area contributed by atoms with Gasteiger partial charge in [0.15, 0.2) is 11.5 Å². The Kier molecular flexibility index (Phi) is 5.07. The van der Waals surface area contributed by atoms with Crippen molar-refractivity contribution < 1.29 is 28.2 Å². The number of nitrogens with zero attached hydrogens (tertiary/aromatic N) is 1. The van der Waals surface area contributed by atoms with Crippen LogP contribution in [0, 0.1) is 5.82 Å². The predicted octanol–water partition coefficient (Wildman–Crippen LogP) is 4.05. The maximum absolute atomic E-state index is 13.8. The lowest BCUT2D eigenvalue weighted by molar-refractivity contribution is -0.143. The zero-order valence-corrected chi connectivity index (χ0v) is 16.8. The Morgan fingerprint density at radius 1 is 1.20 bits per heavy atom. The van der Waals surface area contributed by atoms with Gasteiger partial charge in [-0.25, -0.2) is 14.0 Å². The molecular weight excluding hydrogens is 391 g/mol. The highest BCUT2D eigenvalue weighted by molar-refractivity contribution is 6.03. The number of hydrogen-bond acceptors (Lipinski definition) is 5. The van der Waals surface area contributed by atoms with Gasteiger partial charge in [-0.05, 0) is 50.6 Å². The van der Waals surface area contributed by atoms with Crippen LogP contribution < -0.4 is 19.7 Å². The molecule has 0 radical (unpaired) electrons. The van der Waals surface area contributed by atoms with Gasteiger partial charge in [0.2, 0.25) is 6.79 Å². The van der Waals surface area contributed by atoms with Crippen LogP contribution in [0.25, 0.3) is 0 Å². The molecule has 8 heteroatoms. The van der Waals surface area contributed by atoms with E-state index in [4.69, 9.17) is 14.2 Å². The topological polar surface area (TPSA) is 77.1 Å². The Morgan fingerprint density at radius 2 is 1.97 bits per heavy atom. The van der Waals surface area contributed by atoms with E-state index >= 15 is 0 Å². The molecule has 0 spiro atoms. The number of urea groups is 1. The predicted molar refractivity (Wildman–Crippen MR) is 107 cm³/mol. The molecule has 0 aliphatic carbocycles. The number of anilines is 1. The van der Waals surface area contributed by atoms with E-state index in [1.165, 1.54) is 23.1 Å². The summed E-state index contributed by atoms with van der Waals surface area (Å²) in [6.07, 6.45) is -0.359. The van der Waals surface area contributed by atoms with E-state index in [1.807, 2.05) is 0 Å². The molecule has 156 valence electrons. The SMILES string of the molecule is CC1=C(C(=O)OC(C)C)[C@H](c2cccc(F)c2)NC(=O)N1c1ccc2c(c1)OCO2. The summed E-state index contributed by atoms with van der Waals surface area (Å²) in [7, 11) is 0. The van der Waals surface area contributed by atoms with E-state index in [2.05, 4.69) is 5.32 Å². The molecule has 4 rings (SSSR count). The van der Waals surface area contributed by atoms with E-state index in [0.29, 0.717) is 28.4 Å². The van der Waals surface area contributed by atoms with Crippen molar-refractivity contribution in [3.8, 4) is 11.5 Å². The van der Waals surface area contributed by atoms with Crippen LogP contribution in [0.15, 0.2) is 53.7 Å². The summed E-state index contributed by atoms with van der Waals surface area (Å²) in [5, 5.41) is 2.80. The van der Waals surface area contributed by atoms with Crippen LogP contribution in [0.3, 0.4) is 0 Å². The Labute approximate surface area is 173 Å². The summed E-state index contributed by atoms with van der Waals surface area (Å²) in [5.41, 5.74) is 1.56. The summed E-state index contributed by atoms with van der Waals surface area (Å²) in [6, 6.07) is 9.54. The quantitative estimate of drug-likeness (QED) is 0.767. The standard InChI is InChI=1S/C22H21FN2O5/c1-12(2)30-21(26)19-13(3)25(16-7-8-17-18(10-16)29-11-28-17)22(27)24-20(19)14-5-4-6-15(23)9-14/h4-10,12,20H,11H2,1-3H3,(H,24,27)/t20-/m0/s1. The van der Waals surface area contributed by atoms with Gasteiger partial charge in [0.05, 0.1) is 23.4 Å². The van der Waals surface area contributed by atoms with E-state index in [9.17, 15) is 14.0 Å². The second-order valence-electron chi connectivity index (χ2n) is 7.26. The van der Waals surface area contributed by atoms with Crippen LogP contribution in [0.4, 0.5) is 14.9 Å². The Balaban J connectivity index is 1.82. The van der Waals surface area contributed by atoms with Gasteiger partial charge in [-0.3, -0.25) is 4.90 Å². The van der Waals surface area contributed by atoms with Crippen molar-refractivity contribution in [2.45, 2.75) is 32.9 Å². The van der Waals surface area contributed by atoms with Crippen LogP contribution >= 0.6 is 0 Å². The first-order valence-corrected chi connectivity index (χ1v) is 9.52. The third-order valence-electron chi connectivity index (χ3n) is 4.84. The molecule has 0 fully saturated rings. The van der Waals surface area contributed by atoms with E-state index in [1.54, 1.807) is 45.0 Å². The molecule has 1 atom stereocenters. The van der Waals surface area contributed by atoms with E-state index in [-0.39, 0.29) is 18.5 Å². The fraction of sp³-hybridized carbons (Fsp3) is 0.273. The number of halogens is 1. The van der Waals surface area contributed by atoms with E-state index in [0.717, 1.165) is 0 Å². The number of nitrogens with one attached hydrogen (secondary N) is 1. The molecule has 0 saturated heterocycles. The smallest absolute Gasteiger partial charge is 0.338 e. The van der Waals surface area contributed by atoms with Gasteiger partial charge in [0, 0.05) is 11.8 Å². The van der Waals surface area contributed by atoms with Crippen molar-refractivity contribution in [3.05, 3.63) is 65.1 Å². The number of carbonyl (C=O) groups is 2. The molecule has 0 saturated carbocycles. The second kappa shape index (κ2) is 7.70. The fourth-order valence-corrected chi connectivity index (χ4v) is 3.56. The Morgan fingerprint density at radius 3 is 2.70 bits per heavy atom. The minimum Gasteiger partial charge on any atom is -0.459 e. The number of allylic oxidation sites excluding steroid dienone is 1. The van der Waals surface area contributed by atoms with Crippen molar-refractivity contribution in [1.29, 1.82) is 0 Å².